The van der Waals surface area contributed by atoms with Crippen molar-refractivity contribution in [3.63, 3.8) is 0 Å². The second-order valence-electron chi connectivity index (χ2n) is 4.27. The van der Waals surface area contributed by atoms with Crippen molar-refractivity contribution in [1.82, 2.24) is 0 Å². The summed E-state index contributed by atoms with van der Waals surface area (Å²) in [5.41, 5.74) is 0. The van der Waals surface area contributed by atoms with Crippen LogP contribution in [0.2, 0.25) is 0 Å². The molecule has 0 radical (unpaired) electrons. The molecule has 0 aliphatic heterocycles. The third-order valence-electron chi connectivity index (χ3n) is 2.66. The summed E-state index contributed by atoms with van der Waals surface area (Å²) in [5, 5.41) is 0. The molecule has 0 saturated carbocycles. The van der Waals surface area contributed by atoms with Gasteiger partial charge in [0.1, 0.15) is 5.75 Å². The zero-order chi connectivity index (χ0) is 12.9. The highest BCUT2D eigenvalue weighted by Gasteiger charge is 1.93. The number of hydrogen-bond donors (Lipinski definition) is 0. The fourth-order valence-corrected chi connectivity index (χ4v) is 1.64. The molecule has 0 amide bonds. The molecule has 100 valence electrons. The molecule has 0 aliphatic rings. The monoisotopic (exact) mass is 248 g/mol. The lowest BCUT2D eigenvalue weighted by atomic mass is 10.2. The summed E-state index contributed by atoms with van der Waals surface area (Å²) in [6.45, 7) is 6.14. The average molecular weight is 248 g/mol. The SMILES string of the molecule is C=CCCOCCCCCCOc1ccccc1. The zero-order valence-electron chi connectivity index (χ0n) is 11.1. The fourth-order valence-electron chi connectivity index (χ4n) is 1.64. The van der Waals surface area contributed by atoms with Crippen LogP contribution in [0.1, 0.15) is 32.1 Å². The van der Waals surface area contributed by atoms with E-state index in [2.05, 4.69) is 6.58 Å². The summed E-state index contributed by atoms with van der Waals surface area (Å²) in [6.07, 6.45) is 7.51. The number of rotatable bonds is 11. The van der Waals surface area contributed by atoms with E-state index in [-0.39, 0.29) is 0 Å². The predicted octanol–water partition coefficient (Wildman–Crippen LogP) is 4.22. The molecule has 0 heterocycles. The van der Waals surface area contributed by atoms with Gasteiger partial charge in [-0.1, -0.05) is 30.7 Å². The Kier molecular flexibility index (Phi) is 8.91. The number of hydrogen-bond acceptors (Lipinski definition) is 2. The van der Waals surface area contributed by atoms with Gasteiger partial charge in [0.25, 0.3) is 0 Å². The van der Waals surface area contributed by atoms with Gasteiger partial charge in [-0.15, -0.1) is 6.58 Å². The van der Waals surface area contributed by atoms with Crippen LogP contribution in [-0.2, 0) is 4.74 Å². The van der Waals surface area contributed by atoms with Crippen LogP contribution >= 0.6 is 0 Å². The van der Waals surface area contributed by atoms with Crippen molar-refractivity contribution in [2.45, 2.75) is 32.1 Å². The smallest absolute Gasteiger partial charge is 0.119 e. The molecule has 0 N–H and O–H groups in total. The maximum absolute atomic E-state index is 5.62. The molecule has 0 aliphatic carbocycles. The molecule has 0 bridgehead atoms. The standard InChI is InChI=1S/C16H24O2/c1-2-3-13-17-14-9-4-5-10-15-18-16-11-7-6-8-12-16/h2,6-8,11-12H,1,3-5,9-10,13-15H2. The predicted molar refractivity (Wildman–Crippen MR) is 76.0 cm³/mol. The minimum atomic E-state index is 0.806. The third-order valence-corrected chi connectivity index (χ3v) is 2.66. The van der Waals surface area contributed by atoms with Crippen molar-refractivity contribution in [2.24, 2.45) is 0 Å². The van der Waals surface area contributed by atoms with Gasteiger partial charge in [0.15, 0.2) is 0 Å². The summed E-state index contributed by atoms with van der Waals surface area (Å²) in [5.74, 6) is 0.963. The van der Waals surface area contributed by atoms with Gasteiger partial charge < -0.3 is 9.47 Å². The first-order valence-electron chi connectivity index (χ1n) is 6.80. The molecule has 2 nitrogen and oxygen atoms in total. The van der Waals surface area contributed by atoms with Crippen LogP contribution in [0.3, 0.4) is 0 Å². The van der Waals surface area contributed by atoms with Crippen LogP contribution in [0.5, 0.6) is 5.75 Å². The zero-order valence-corrected chi connectivity index (χ0v) is 11.1. The van der Waals surface area contributed by atoms with Crippen molar-refractivity contribution in [3.8, 4) is 5.75 Å². The van der Waals surface area contributed by atoms with E-state index in [9.17, 15) is 0 Å². The average Bonchev–Trinajstić information content (AvgIpc) is 2.42. The van der Waals surface area contributed by atoms with E-state index in [1.165, 1.54) is 12.8 Å². The van der Waals surface area contributed by atoms with E-state index in [0.29, 0.717) is 0 Å². The van der Waals surface area contributed by atoms with E-state index in [4.69, 9.17) is 9.47 Å². The van der Waals surface area contributed by atoms with Gasteiger partial charge in [-0.3, -0.25) is 0 Å². The Balaban J connectivity index is 1.83. The summed E-state index contributed by atoms with van der Waals surface area (Å²) >= 11 is 0. The largest absolute Gasteiger partial charge is 0.494 e. The lowest BCUT2D eigenvalue weighted by Crippen LogP contribution is -1.99. The first-order valence-corrected chi connectivity index (χ1v) is 6.80. The quantitative estimate of drug-likeness (QED) is 0.431. The van der Waals surface area contributed by atoms with Crippen molar-refractivity contribution in [1.29, 1.82) is 0 Å². The first-order chi connectivity index (χ1) is 8.93. The lowest BCUT2D eigenvalue weighted by Gasteiger charge is -2.06. The van der Waals surface area contributed by atoms with Gasteiger partial charge >= 0.3 is 0 Å². The summed E-state index contributed by atoms with van der Waals surface area (Å²) in [4.78, 5) is 0. The maximum Gasteiger partial charge on any atom is 0.119 e. The number of benzene rings is 1. The molecule has 2 heteroatoms. The number of unbranched alkanes of at least 4 members (excludes halogenated alkanes) is 3. The maximum atomic E-state index is 5.62. The van der Waals surface area contributed by atoms with Crippen molar-refractivity contribution in [2.75, 3.05) is 19.8 Å². The Morgan fingerprint density at radius 1 is 0.889 bits per heavy atom. The molecule has 18 heavy (non-hydrogen) atoms. The van der Waals surface area contributed by atoms with Gasteiger partial charge in [0.2, 0.25) is 0 Å². The van der Waals surface area contributed by atoms with E-state index in [1.54, 1.807) is 0 Å². The van der Waals surface area contributed by atoms with Crippen LogP contribution in [0, 0.1) is 0 Å². The normalized spacial score (nSPS) is 10.2. The second-order valence-corrected chi connectivity index (χ2v) is 4.27. The van der Waals surface area contributed by atoms with Gasteiger partial charge in [-0.2, -0.15) is 0 Å². The van der Waals surface area contributed by atoms with E-state index in [1.807, 2.05) is 36.4 Å². The van der Waals surface area contributed by atoms with Gasteiger partial charge in [-0.05, 0) is 37.8 Å². The van der Waals surface area contributed by atoms with Crippen LogP contribution in [-0.4, -0.2) is 19.8 Å². The summed E-state index contributed by atoms with van der Waals surface area (Å²) < 4.78 is 11.1. The highest BCUT2D eigenvalue weighted by molar-refractivity contribution is 5.20. The van der Waals surface area contributed by atoms with Gasteiger partial charge in [-0.25, -0.2) is 0 Å². The molecule has 1 rings (SSSR count). The Morgan fingerprint density at radius 2 is 1.61 bits per heavy atom. The van der Waals surface area contributed by atoms with Crippen molar-refractivity contribution >= 4 is 0 Å². The lowest BCUT2D eigenvalue weighted by molar-refractivity contribution is 0.134. The topological polar surface area (TPSA) is 18.5 Å². The van der Waals surface area contributed by atoms with Gasteiger partial charge in [0.05, 0.1) is 6.61 Å². The summed E-state index contributed by atoms with van der Waals surface area (Å²) in [7, 11) is 0. The Labute approximate surface area is 111 Å². The number of ether oxygens (including phenoxy) is 2. The molecule has 0 saturated heterocycles. The second kappa shape index (κ2) is 10.8. The van der Waals surface area contributed by atoms with E-state index in [0.717, 1.165) is 44.8 Å². The Hall–Kier alpha value is -1.28. The highest BCUT2D eigenvalue weighted by Crippen LogP contribution is 2.09. The molecule has 1 aromatic rings. The minimum absolute atomic E-state index is 0.806. The minimum Gasteiger partial charge on any atom is -0.494 e. The molecule has 0 atom stereocenters. The molecule has 1 aromatic carbocycles. The number of para-hydroxylation sites is 1. The molecular formula is C16H24O2. The Bertz CT molecular complexity index is 295. The molecule has 0 unspecified atom stereocenters. The fraction of sp³-hybridized carbons (Fsp3) is 0.500. The molecule has 0 fully saturated rings. The first kappa shape index (κ1) is 14.8. The molecule has 0 aromatic heterocycles. The van der Waals surface area contributed by atoms with Crippen molar-refractivity contribution < 1.29 is 9.47 Å². The Morgan fingerprint density at radius 3 is 2.33 bits per heavy atom. The van der Waals surface area contributed by atoms with Gasteiger partial charge in [0, 0.05) is 13.2 Å². The van der Waals surface area contributed by atoms with Crippen molar-refractivity contribution in [3.05, 3.63) is 43.0 Å². The van der Waals surface area contributed by atoms with Crippen LogP contribution in [0.25, 0.3) is 0 Å². The van der Waals surface area contributed by atoms with Crippen LogP contribution in [0.15, 0.2) is 43.0 Å². The van der Waals surface area contributed by atoms with E-state index < -0.39 is 0 Å². The van der Waals surface area contributed by atoms with Crippen LogP contribution < -0.4 is 4.74 Å². The third kappa shape index (κ3) is 7.91. The molecular weight excluding hydrogens is 224 g/mol. The molecule has 0 spiro atoms. The summed E-state index contributed by atoms with van der Waals surface area (Å²) in [6, 6.07) is 9.98. The highest BCUT2D eigenvalue weighted by atomic mass is 16.5. The van der Waals surface area contributed by atoms with E-state index >= 15 is 0 Å². The van der Waals surface area contributed by atoms with Crippen LogP contribution in [0.4, 0.5) is 0 Å².